The fourth-order valence-corrected chi connectivity index (χ4v) is 3.76. The van der Waals surface area contributed by atoms with E-state index in [1.54, 1.807) is 6.92 Å². The lowest BCUT2D eigenvalue weighted by Gasteiger charge is -2.24. The first kappa shape index (κ1) is 15.1. The summed E-state index contributed by atoms with van der Waals surface area (Å²) in [5, 5.41) is 15.9. The Morgan fingerprint density at radius 1 is 1.61 bits per heavy atom. The van der Waals surface area contributed by atoms with Crippen molar-refractivity contribution < 1.29 is 18.3 Å². The SMILES string of the molecule is CCC(C)(NS(=O)(=O)c1c(Br)nnn1C)C(=O)O. The Morgan fingerprint density at radius 2 is 2.17 bits per heavy atom. The predicted octanol–water partition coefficient (Wildman–Crippen LogP) is 0.109. The van der Waals surface area contributed by atoms with Gasteiger partial charge in [-0.15, -0.1) is 5.10 Å². The summed E-state index contributed by atoms with van der Waals surface area (Å²) in [5.74, 6) is -1.25. The first-order chi connectivity index (χ1) is 8.14. The molecule has 0 spiro atoms. The molecule has 2 N–H and O–H groups in total. The van der Waals surface area contributed by atoms with Crippen molar-refractivity contribution in [1.29, 1.82) is 0 Å². The van der Waals surface area contributed by atoms with Crippen LogP contribution in [0.2, 0.25) is 0 Å². The number of hydrogen-bond donors (Lipinski definition) is 2. The van der Waals surface area contributed by atoms with Gasteiger partial charge in [0.25, 0.3) is 10.0 Å². The summed E-state index contributed by atoms with van der Waals surface area (Å²) in [7, 11) is -2.63. The Kier molecular flexibility index (Phi) is 4.13. The molecular formula is C8H13BrN4O4S. The summed E-state index contributed by atoms with van der Waals surface area (Å²) in [5.41, 5.74) is -1.58. The number of aryl methyl sites for hydroxylation is 1. The number of nitrogens with one attached hydrogen (secondary N) is 1. The standard InChI is InChI=1S/C8H13BrN4O4S/c1-4-8(2,7(14)15)11-18(16,17)6-5(9)10-12-13(6)3/h11H,4H2,1-3H3,(H,14,15). The van der Waals surface area contributed by atoms with Gasteiger partial charge >= 0.3 is 5.97 Å². The van der Waals surface area contributed by atoms with Crippen molar-refractivity contribution in [3.63, 3.8) is 0 Å². The molecule has 0 aromatic carbocycles. The Bertz CT molecular complexity index is 550. The van der Waals surface area contributed by atoms with Gasteiger partial charge in [0.15, 0.2) is 4.60 Å². The van der Waals surface area contributed by atoms with Crippen LogP contribution in [-0.2, 0) is 21.9 Å². The van der Waals surface area contributed by atoms with E-state index in [0.29, 0.717) is 0 Å². The third-order valence-electron chi connectivity index (χ3n) is 2.53. The molecule has 8 nitrogen and oxygen atoms in total. The van der Waals surface area contributed by atoms with E-state index in [1.165, 1.54) is 14.0 Å². The topological polar surface area (TPSA) is 114 Å². The Morgan fingerprint density at radius 3 is 2.50 bits per heavy atom. The first-order valence-corrected chi connectivity index (χ1v) is 7.24. The number of carboxylic acid groups (broad SMARTS) is 1. The molecule has 1 aromatic heterocycles. The van der Waals surface area contributed by atoms with Crippen LogP contribution in [0.1, 0.15) is 20.3 Å². The number of sulfonamides is 1. The number of halogens is 1. The molecule has 0 aliphatic carbocycles. The number of carboxylic acids is 1. The van der Waals surface area contributed by atoms with E-state index >= 15 is 0 Å². The monoisotopic (exact) mass is 340 g/mol. The molecule has 1 aromatic rings. The fraction of sp³-hybridized carbons (Fsp3) is 0.625. The van der Waals surface area contributed by atoms with Gasteiger partial charge in [-0.1, -0.05) is 12.1 Å². The fourth-order valence-electron chi connectivity index (χ4n) is 1.22. The predicted molar refractivity (Wildman–Crippen MR) is 65.4 cm³/mol. The van der Waals surface area contributed by atoms with E-state index in [9.17, 15) is 13.2 Å². The molecule has 0 aliphatic rings. The zero-order valence-corrected chi connectivity index (χ0v) is 12.4. The maximum absolute atomic E-state index is 12.1. The van der Waals surface area contributed by atoms with Crippen LogP contribution in [0, 0.1) is 0 Å². The third kappa shape index (κ3) is 2.70. The summed E-state index contributed by atoms with van der Waals surface area (Å²) in [6, 6.07) is 0. The second kappa shape index (κ2) is 4.94. The molecule has 102 valence electrons. The highest BCUT2D eigenvalue weighted by atomic mass is 79.9. The van der Waals surface area contributed by atoms with Crippen molar-refractivity contribution in [2.75, 3.05) is 0 Å². The molecule has 0 bridgehead atoms. The highest BCUT2D eigenvalue weighted by Crippen LogP contribution is 2.21. The van der Waals surface area contributed by atoms with Crippen LogP contribution in [0.4, 0.5) is 0 Å². The van der Waals surface area contributed by atoms with Crippen LogP contribution in [-0.4, -0.2) is 40.0 Å². The summed E-state index contributed by atoms with van der Waals surface area (Å²) in [4.78, 5) is 11.1. The van der Waals surface area contributed by atoms with Crippen molar-refractivity contribution in [3.05, 3.63) is 4.60 Å². The quantitative estimate of drug-likeness (QED) is 0.786. The summed E-state index contributed by atoms with van der Waals surface area (Å²) in [6.45, 7) is 2.87. The number of rotatable bonds is 5. The number of aliphatic carboxylic acids is 1. The minimum Gasteiger partial charge on any atom is -0.480 e. The van der Waals surface area contributed by atoms with E-state index in [2.05, 4.69) is 31.0 Å². The molecule has 0 fully saturated rings. The lowest BCUT2D eigenvalue weighted by molar-refractivity contribution is -0.143. The van der Waals surface area contributed by atoms with E-state index in [-0.39, 0.29) is 16.0 Å². The summed E-state index contributed by atoms with van der Waals surface area (Å²) in [6.07, 6.45) is 0.102. The van der Waals surface area contributed by atoms with E-state index < -0.39 is 21.5 Å². The van der Waals surface area contributed by atoms with Crippen LogP contribution in [0.5, 0.6) is 0 Å². The number of nitrogens with zero attached hydrogens (tertiary/aromatic N) is 3. The van der Waals surface area contributed by atoms with Crippen molar-refractivity contribution in [3.8, 4) is 0 Å². The minimum atomic E-state index is -4.03. The van der Waals surface area contributed by atoms with E-state index in [0.717, 1.165) is 4.68 Å². The van der Waals surface area contributed by atoms with Gasteiger partial charge in [0.2, 0.25) is 5.03 Å². The van der Waals surface area contributed by atoms with Crippen molar-refractivity contribution in [1.82, 2.24) is 19.7 Å². The zero-order chi connectivity index (χ0) is 14.1. The van der Waals surface area contributed by atoms with Gasteiger partial charge in [-0.25, -0.2) is 13.1 Å². The highest BCUT2D eigenvalue weighted by Gasteiger charge is 2.38. The normalized spacial score (nSPS) is 15.3. The van der Waals surface area contributed by atoms with Crippen LogP contribution >= 0.6 is 15.9 Å². The number of aromatic nitrogens is 3. The van der Waals surface area contributed by atoms with Crippen LogP contribution in [0.15, 0.2) is 9.63 Å². The zero-order valence-electron chi connectivity index (χ0n) is 10.0. The van der Waals surface area contributed by atoms with E-state index in [1.807, 2.05) is 0 Å². The molecular weight excluding hydrogens is 328 g/mol. The molecule has 0 aliphatic heterocycles. The number of carbonyl (C=O) groups is 1. The summed E-state index contributed by atoms with van der Waals surface area (Å²) >= 11 is 2.96. The van der Waals surface area contributed by atoms with Crippen molar-refractivity contribution in [2.24, 2.45) is 7.05 Å². The minimum absolute atomic E-state index is 0.0290. The van der Waals surface area contributed by atoms with Gasteiger partial charge in [0, 0.05) is 7.05 Å². The molecule has 0 amide bonds. The Labute approximate surface area is 113 Å². The summed E-state index contributed by atoms with van der Waals surface area (Å²) < 4.78 is 27.4. The highest BCUT2D eigenvalue weighted by molar-refractivity contribution is 9.10. The second-order valence-corrected chi connectivity index (χ2v) is 6.25. The van der Waals surface area contributed by atoms with Gasteiger partial charge in [-0.05, 0) is 29.3 Å². The van der Waals surface area contributed by atoms with E-state index in [4.69, 9.17) is 5.11 Å². The van der Waals surface area contributed by atoms with Gasteiger partial charge < -0.3 is 5.11 Å². The molecule has 0 saturated heterocycles. The van der Waals surface area contributed by atoms with Gasteiger partial charge in [-0.3, -0.25) is 4.79 Å². The third-order valence-corrected chi connectivity index (χ3v) is 5.01. The van der Waals surface area contributed by atoms with Crippen LogP contribution in [0.25, 0.3) is 0 Å². The smallest absolute Gasteiger partial charge is 0.324 e. The molecule has 1 rings (SSSR count). The Hall–Kier alpha value is -1.00. The first-order valence-electron chi connectivity index (χ1n) is 4.96. The second-order valence-electron chi connectivity index (χ2n) is 3.91. The van der Waals surface area contributed by atoms with Gasteiger partial charge in [0.1, 0.15) is 5.54 Å². The van der Waals surface area contributed by atoms with Crippen molar-refractivity contribution >= 4 is 31.9 Å². The molecule has 10 heteroatoms. The molecule has 0 radical (unpaired) electrons. The van der Waals surface area contributed by atoms with Gasteiger partial charge in [0.05, 0.1) is 0 Å². The van der Waals surface area contributed by atoms with Crippen molar-refractivity contribution in [2.45, 2.75) is 30.8 Å². The molecule has 1 atom stereocenters. The molecule has 1 unspecified atom stereocenters. The lowest BCUT2D eigenvalue weighted by Crippen LogP contribution is -2.51. The largest absolute Gasteiger partial charge is 0.480 e. The average molecular weight is 341 g/mol. The Balaban J connectivity index is 3.22. The maximum Gasteiger partial charge on any atom is 0.324 e. The van der Waals surface area contributed by atoms with Crippen LogP contribution < -0.4 is 4.72 Å². The number of hydrogen-bond acceptors (Lipinski definition) is 5. The molecule has 18 heavy (non-hydrogen) atoms. The molecule has 0 saturated carbocycles. The van der Waals surface area contributed by atoms with Crippen LogP contribution in [0.3, 0.4) is 0 Å². The average Bonchev–Trinajstić information content (AvgIpc) is 2.57. The maximum atomic E-state index is 12.1. The lowest BCUT2D eigenvalue weighted by atomic mass is 10.0. The van der Waals surface area contributed by atoms with Gasteiger partial charge in [-0.2, -0.15) is 4.72 Å². The molecule has 1 heterocycles.